The summed E-state index contributed by atoms with van der Waals surface area (Å²) in [5.74, 6) is 0.755. The van der Waals surface area contributed by atoms with Crippen LogP contribution in [0.3, 0.4) is 0 Å². The summed E-state index contributed by atoms with van der Waals surface area (Å²) in [5.41, 5.74) is 6.79. The first-order chi connectivity index (χ1) is 18.2. The SMILES string of the molecule is O=C(NCCCN1CCOCC1)N1CC=C(c2cc3c(Nc4ccc5ncsc5c4)ncnc3[nH]2)CC1. The van der Waals surface area contributed by atoms with Crippen molar-refractivity contribution in [3.8, 4) is 0 Å². The van der Waals surface area contributed by atoms with Gasteiger partial charge in [0, 0.05) is 44.1 Å². The lowest BCUT2D eigenvalue weighted by Crippen LogP contribution is -2.43. The lowest BCUT2D eigenvalue weighted by Gasteiger charge is -2.28. The predicted molar refractivity (Wildman–Crippen MR) is 146 cm³/mol. The number of nitrogens with zero attached hydrogens (tertiary/aromatic N) is 5. The Hall–Kier alpha value is -3.54. The summed E-state index contributed by atoms with van der Waals surface area (Å²) in [6.45, 7) is 6.52. The van der Waals surface area contributed by atoms with Crippen molar-refractivity contribution >= 4 is 55.7 Å². The molecule has 0 atom stereocenters. The molecule has 192 valence electrons. The number of ether oxygens (including phenoxy) is 1. The predicted octanol–water partition coefficient (Wildman–Crippen LogP) is 3.83. The highest BCUT2D eigenvalue weighted by Gasteiger charge is 2.20. The molecule has 3 aromatic heterocycles. The van der Waals surface area contributed by atoms with Crippen molar-refractivity contribution in [2.24, 2.45) is 0 Å². The number of carbonyl (C=O) groups excluding carboxylic acids is 1. The van der Waals surface area contributed by atoms with E-state index in [-0.39, 0.29) is 6.03 Å². The van der Waals surface area contributed by atoms with Crippen molar-refractivity contribution in [2.75, 3.05) is 57.8 Å². The molecule has 0 aliphatic carbocycles. The van der Waals surface area contributed by atoms with E-state index in [1.165, 1.54) is 5.57 Å². The van der Waals surface area contributed by atoms with Gasteiger partial charge >= 0.3 is 6.03 Å². The number of fused-ring (bicyclic) bond motifs is 2. The second-order valence-corrected chi connectivity index (χ2v) is 10.2. The zero-order chi connectivity index (χ0) is 25.0. The van der Waals surface area contributed by atoms with E-state index in [0.717, 1.165) is 84.1 Å². The molecule has 11 heteroatoms. The smallest absolute Gasteiger partial charge is 0.317 e. The molecule has 5 heterocycles. The monoisotopic (exact) mass is 518 g/mol. The van der Waals surface area contributed by atoms with Gasteiger partial charge in [0.25, 0.3) is 0 Å². The van der Waals surface area contributed by atoms with Crippen LogP contribution < -0.4 is 10.6 Å². The highest BCUT2D eigenvalue weighted by molar-refractivity contribution is 7.16. The van der Waals surface area contributed by atoms with Gasteiger partial charge in [0.2, 0.25) is 0 Å². The Morgan fingerprint density at radius 1 is 1.14 bits per heavy atom. The van der Waals surface area contributed by atoms with E-state index in [0.29, 0.717) is 19.6 Å². The molecule has 4 aromatic rings. The number of nitrogens with one attached hydrogen (secondary N) is 3. The highest BCUT2D eigenvalue weighted by atomic mass is 32.1. The van der Waals surface area contributed by atoms with Crippen molar-refractivity contribution < 1.29 is 9.53 Å². The van der Waals surface area contributed by atoms with Gasteiger partial charge < -0.3 is 25.3 Å². The number of hydrogen-bond donors (Lipinski definition) is 3. The van der Waals surface area contributed by atoms with Gasteiger partial charge in [-0.3, -0.25) is 4.90 Å². The summed E-state index contributed by atoms with van der Waals surface area (Å²) in [7, 11) is 0. The van der Waals surface area contributed by atoms with E-state index in [2.05, 4.69) is 53.7 Å². The number of hydrogen-bond acceptors (Lipinski definition) is 8. The van der Waals surface area contributed by atoms with Gasteiger partial charge in [0.05, 0.1) is 34.3 Å². The number of anilines is 2. The standard InChI is InChI=1S/C26H30N8O2S/c35-26(27-6-1-7-33-10-12-36-13-11-33)34-8-4-18(5-9-34)22-15-20-24(28-16-29-25(20)32-22)31-19-2-3-21-23(14-19)37-17-30-21/h2-4,14-17H,1,5-13H2,(H,27,35)(H2,28,29,31,32). The van der Waals surface area contributed by atoms with E-state index in [4.69, 9.17) is 4.74 Å². The topological polar surface area (TPSA) is 111 Å². The molecule has 0 saturated carbocycles. The van der Waals surface area contributed by atoms with Crippen LogP contribution in [0.1, 0.15) is 18.5 Å². The van der Waals surface area contributed by atoms with Crippen LogP contribution >= 0.6 is 11.3 Å². The Morgan fingerprint density at radius 3 is 2.92 bits per heavy atom. The van der Waals surface area contributed by atoms with Crippen molar-refractivity contribution in [1.29, 1.82) is 0 Å². The van der Waals surface area contributed by atoms with Crippen LogP contribution in [0.5, 0.6) is 0 Å². The number of H-pyrrole nitrogens is 1. The van der Waals surface area contributed by atoms with E-state index < -0.39 is 0 Å². The molecule has 1 aromatic carbocycles. The number of aromatic nitrogens is 4. The lowest BCUT2D eigenvalue weighted by atomic mass is 10.1. The quantitative estimate of drug-likeness (QED) is 0.319. The summed E-state index contributed by atoms with van der Waals surface area (Å²) in [6.07, 6.45) is 5.42. The molecule has 2 aliphatic heterocycles. The van der Waals surface area contributed by atoms with Crippen LogP contribution in [0.2, 0.25) is 0 Å². The number of urea groups is 1. The van der Waals surface area contributed by atoms with Gasteiger partial charge in [0.1, 0.15) is 17.8 Å². The highest BCUT2D eigenvalue weighted by Crippen LogP contribution is 2.30. The molecule has 37 heavy (non-hydrogen) atoms. The third kappa shape index (κ3) is 5.43. The minimum absolute atomic E-state index is 0.00388. The number of benzene rings is 1. The van der Waals surface area contributed by atoms with Gasteiger partial charge in [0.15, 0.2) is 0 Å². The fourth-order valence-electron chi connectivity index (χ4n) is 4.81. The third-order valence-corrected chi connectivity index (χ3v) is 7.68. The van der Waals surface area contributed by atoms with Crippen molar-refractivity contribution in [1.82, 2.24) is 35.1 Å². The summed E-state index contributed by atoms with van der Waals surface area (Å²) >= 11 is 1.62. The lowest BCUT2D eigenvalue weighted by molar-refractivity contribution is 0.0375. The van der Waals surface area contributed by atoms with E-state index in [1.807, 2.05) is 22.5 Å². The zero-order valence-corrected chi connectivity index (χ0v) is 21.4. The Morgan fingerprint density at radius 2 is 2.05 bits per heavy atom. The molecule has 1 fully saturated rings. The van der Waals surface area contributed by atoms with Gasteiger partial charge in [-0.2, -0.15) is 0 Å². The zero-order valence-electron chi connectivity index (χ0n) is 20.6. The van der Waals surface area contributed by atoms with Crippen LogP contribution in [0.15, 0.2) is 42.2 Å². The van der Waals surface area contributed by atoms with Crippen molar-refractivity contribution in [3.63, 3.8) is 0 Å². The summed E-state index contributed by atoms with van der Waals surface area (Å²) in [5, 5.41) is 7.43. The summed E-state index contributed by atoms with van der Waals surface area (Å²) in [4.78, 5) is 33.6. The Bertz CT molecular complexity index is 1420. The van der Waals surface area contributed by atoms with Crippen molar-refractivity contribution in [3.05, 3.63) is 47.9 Å². The maximum atomic E-state index is 12.6. The number of thiazole rings is 1. The molecule has 0 spiro atoms. The maximum Gasteiger partial charge on any atom is 0.317 e. The largest absolute Gasteiger partial charge is 0.379 e. The van der Waals surface area contributed by atoms with Crippen LogP contribution in [-0.4, -0.2) is 88.2 Å². The third-order valence-electron chi connectivity index (χ3n) is 6.89. The fourth-order valence-corrected chi connectivity index (χ4v) is 5.53. The van der Waals surface area contributed by atoms with Crippen LogP contribution in [0.4, 0.5) is 16.3 Å². The molecule has 0 unspecified atom stereocenters. The summed E-state index contributed by atoms with van der Waals surface area (Å²) < 4.78 is 6.51. The molecule has 2 aliphatic rings. The molecule has 3 N–H and O–H groups in total. The molecular formula is C26H30N8O2S. The number of morpholine rings is 1. The summed E-state index contributed by atoms with van der Waals surface area (Å²) in [6, 6.07) is 8.20. The van der Waals surface area contributed by atoms with Crippen LogP contribution in [0, 0.1) is 0 Å². The van der Waals surface area contributed by atoms with E-state index in [9.17, 15) is 4.79 Å². The fraction of sp³-hybridized carbons (Fsp3) is 0.385. The molecule has 1 saturated heterocycles. The van der Waals surface area contributed by atoms with Crippen molar-refractivity contribution in [2.45, 2.75) is 12.8 Å². The molecule has 6 rings (SSSR count). The van der Waals surface area contributed by atoms with E-state index >= 15 is 0 Å². The van der Waals surface area contributed by atoms with Crippen LogP contribution in [0.25, 0.3) is 26.8 Å². The van der Waals surface area contributed by atoms with Gasteiger partial charge in [-0.1, -0.05) is 6.08 Å². The molecule has 10 nitrogen and oxygen atoms in total. The normalized spacial score (nSPS) is 16.8. The van der Waals surface area contributed by atoms with Gasteiger partial charge in [-0.25, -0.2) is 19.7 Å². The molecule has 0 radical (unpaired) electrons. The number of carbonyl (C=O) groups is 1. The molecule has 2 amide bonds. The first-order valence-electron chi connectivity index (χ1n) is 12.7. The number of aromatic amines is 1. The average Bonchev–Trinajstić information content (AvgIpc) is 3.59. The molecule has 0 bridgehead atoms. The van der Waals surface area contributed by atoms with Crippen LogP contribution in [-0.2, 0) is 4.74 Å². The first-order valence-corrected chi connectivity index (χ1v) is 13.6. The maximum absolute atomic E-state index is 12.6. The van der Waals surface area contributed by atoms with E-state index in [1.54, 1.807) is 17.7 Å². The first kappa shape index (κ1) is 23.8. The Labute approximate surface area is 218 Å². The second-order valence-electron chi connectivity index (χ2n) is 9.29. The number of rotatable bonds is 7. The van der Waals surface area contributed by atoms with Gasteiger partial charge in [-0.05, 0) is 49.2 Å². The number of amides is 2. The minimum Gasteiger partial charge on any atom is -0.379 e. The molecular weight excluding hydrogens is 488 g/mol. The Kier molecular flexibility index (Phi) is 6.98. The second kappa shape index (κ2) is 10.8. The minimum atomic E-state index is 0.00388. The Balaban J connectivity index is 1.07. The van der Waals surface area contributed by atoms with Gasteiger partial charge in [-0.15, -0.1) is 11.3 Å². The average molecular weight is 519 g/mol.